The molecule has 0 bridgehead atoms. The lowest BCUT2D eigenvalue weighted by Gasteiger charge is -2.16. The number of thiophene rings is 1. The summed E-state index contributed by atoms with van der Waals surface area (Å²) in [5.41, 5.74) is 6.95. The molecular weight excluding hydrogens is 418 g/mol. The molecular formula is C17H23N5O5S2. The quantitative estimate of drug-likeness (QED) is 0.466. The Morgan fingerprint density at radius 1 is 1.31 bits per heavy atom. The zero-order valence-corrected chi connectivity index (χ0v) is 18.4. The highest BCUT2D eigenvalue weighted by atomic mass is 32.2. The van der Waals surface area contributed by atoms with E-state index in [9.17, 15) is 14.4 Å². The van der Waals surface area contributed by atoms with Crippen LogP contribution in [0.25, 0.3) is 0 Å². The van der Waals surface area contributed by atoms with Crippen LogP contribution in [-0.2, 0) is 19.1 Å². The lowest BCUT2D eigenvalue weighted by molar-refractivity contribution is -0.139. The number of nitrogen functional groups attached to an aromatic ring is 1. The second-order valence-electron chi connectivity index (χ2n) is 5.95. The molecule has 0 aromatic carbocycles. The Kier molecular flexibility index (Phi) is 7.62. The largest absolute Gasteiger partial charge is 0.465 e. The number of rotatable bonds is 8. The van der Waals surface area contributed by atoms with Gasteiger partial charge in [0, 0.05) is 4.88 Å². The molecule has 1 atom stereocenters. The maximum absolute atomic E-state index is 12.9. The van der Waals surface area contributed by atoms with E-state index in [0.29, 0.717) is 15.7 Å². The van der Waals surface area contributed by atoms with Crippen LogP contribution in [0.5, 0.6) is 0 Å². The Morgan fingerprint density at radius 2 is 2.00 bits per heavy atom. The van der Waals surface area contributed by atoms with E-state index >= 15 is 0 Å². The van der Waals surface area contributed by atoms with Gasteiger partial charge < -0.3 is 20.5 Å². The Labute approximate surface area is 176 Å². The lowest BCUT2D eigenvalue weighted by atomic mass is 10.1. The number of aromatic nitrogens is 3. The molecule has 2 heterocycles. The maximum atomic E-state index is 12.9. The summed E-state index contributed by atoms with van der Waals surface area (Å²) < 4.78 is 11.1. The zero-order valence-electron chi connectivity index (χ0n) is 16.8. The normalized spacial score (nSPS) is 11.8. The number of nitrogens with zero attached hydrogens (tertiary/aromatic N) is 3. The molecule has 0 aliphatic rings. The van der Waals surface area contributed by atoms with E-state index in [-0.39, 0.29) is 18.3 Å². The molecule has 0 aliphatic carbocycles. The number of anilines is 2. The van der Waals surface area contributed by atoms with Gasteiger partial charge in [-0.25, -0.2) is 4.79 Å². The van der Waals surface area contributed by atoms with Crippen molar-refractivity contribution < 1.29 is 23.9 Å². The fraction of sp³-hybridized carbons (Fsp3) is 0.471. The van der Waals surface area contributed by atoms with Crippen molar-refractivity contribution in [2.45, 2.75) is 38.9 Å². The molecule has 1 unspecified atom stereocenters. The third kappa shape index (κ3) is 5.07. The number of carbonyl (C=O) groups is 3. The molecule has 3 N–H and O–H groups in total. The van der Waals surface area contributed by atoms with Crippen molar-refractivity contribution in [3.05, 3.63) is 16.0 Å². The summed E-state index contributed by atoms with van der Waals surface area (Å²) in [4.78, 5) is 37.4. The number of nitrogens with two attached hydrogens (primary N) is 1. The predicted octanol–water partition coefficient (Wildman–Crippen LogP) is 2.18. The van der Waals surface area contributed by atoms with Crippen LogP contribution < -0.4 is 11.1 Å². The van der Waals surface area contributed by atoms with Gasteiger partial charge in [-0.1, -0.05) is 11.8 Å². The molecule has 2 aromatic heterocycles. The molecule has 10 nitrogen and oxygen atoms in total. The van der Waals surface area contributed by atoms with E-state index in [4.69, 9.17) is 15.2 Å². The summed E-state index contributed by atoms with van der Waals surface area (Å²) in [6.45, 7) is 7.25. The van der Waals surface area contributed by atoms with E-state index in [1.54, 1.807) is 20.8 Å². The number of amides is 1. The van der Waals surface area contributed by atoms with E-state index in [0.717, 1.165) is 22.2 Å². The minimum Gasteiger partial charge on any atom is -0.465 e. The van der Waals surface area contributed by atoms with Gasteiger partial charge in [-0.2, -0.15) is 0 Å². The van der Waals surface area contributed by atoms with Crippen molar-refractivity contribution >= 4 is 51.9 Å². The Morgan fingerprint density at radius 3 is 2.62 bits per heavy atom. The van der Waals surface area contributed by atoms with Gasteiger partial charge in [-0.05, 0) is 33.3 Å². The van der Waals surface area contributed by atoms with Crippen molar-refractivity contribution in [3.63, 3.8) is 0 Å². The second kappa shape index (κ2) is 9.74. The molecule has 0 saturated heterocycles. The van der Waals surface area contributed by atoms with E-state index in [1.807, 2.05) is 6.92 Å². The van der Waals surface area contributed by atoms with Gasteiger partial charge in [0.05, 0.1) is 25.0 Å². The van der Waals surface area contributed by atoms with Gasteiger partial charge >= 0.3 is 11.9 Å². The molecule has 12 heteroatoms. The fourth-order valence-electron chi connectivity index (χ4n) is 2.47. The lowest BCUT2D eigenvalue weighted by Crippen LogP contribution is -2.26. The topological polar surface area (TPSA) is 138 Å². The summed E-state index contributed by atoms with van der Waals surface area (Å²) in [5, 5.41) is 11.2. The summed E-state index contributed by atoms with van der Waals surface area (Å²) >= 11 is 2.35. The number of carbonyl (C=O) groups excluding carboxylic acids is 3. The number of hydrogen-bond acceptors (Lipinski definition) is 10. The molecule has 29 heavy (non-hydrogen) atoms. The minimum atomic E-state index is -0.789. The van der Waals surface area contributed by atoms with Crippen LogP contribution in [0.1, 0.15) is 40.7 Å². The first-order valence-corrected chi connectivity index (χ1v) is 10.5. The molecule has 2 rings (SSSR count). The van der Waals surface area contributed by atoms with E-state index in [1.165, 1.54) is 23.0 Å². The summed E-state index contributed by atoms with van der Waals surface area (Å²) in [7, 11) is 1.29. The molecule has 1 amide bonds. The zero-order chi connectivity index (χ0) is 21.7. The number of ether oxygens (including phenoxy) is 2. The van der Waals surface area contributed by atoms with Gasteiger partial charge in [-0.3, -0.25) is 14.2 Å². The average Bonchev–Trinajstić information content (AvgIpc) is 3.18. The van der Waals surface area contributed by atoms with Crippen LogP contribution in [0.4, 0.5) is 10.9 Å². The number of nitrogens with one attached hydrogen (secondary N) is 1. The molecule has 0 fully saturated rings. The van der Waals surface area contributed by atoms with E-state index < -0.39 is 23.9 Å². The monoisotopic (exact) mass is 441 g/mol. The van der Waals surface area contributed by atoms with Crippen LogP contribution in [0.15, 0.2) is 5.16 Å². The third-order valence-electron chi connectivity index (χ3n) is 4.09. The highest BCUT2D eigenvalue weighted by Crippen LogP contribution is 2.34. The van der Waals surface area contributed by atoms with Crippen molar-refractivity contribution in [1.82, 2.24) is 14.8 Å². The van der Waals surface area contributed by atoms with Crippen LogP contribution in [0.3, 0.4) is 0 Å². The molecule has 0 radical (unpaired) electrons. The van der Waals surface area contributed by atoms with Crippen LogP contribution in [0.2, 0.25) is 0 Å². The highest BCUT2D eigenvalue weighted by Gasteiger charge is 2.26. The summed E-state index contributed by atoms with van der Waals surface area (Å²) in [6.07, 6.45) is 0. The van der Waals surface area contributed by atoms with Crippen molar-refractivity contribution in [2.24, 2.45) is 0 Å². The first-order valence-electron chi connectivity index (χ1n) is 8.69. The van der Waals surface area contributed by atoms with Gasteiger partial charge in [0.1, 0.15) is 11.0 Å². The molecule has 0 saturated carbocycles. The van der Waals surface area contributed by atoms with Crippen LogP contribution >= 0.6 is 23.1 Å². The second-order valence-corrected chi connectivity index (χ2v) is 8.12. The van der Waals surface area contributed by atoms with Gasteiger partial charge in [-0.15, -0.1) is 21.5 Å². The predicted molar refractivity (Wildman–Crippen MR) is 110 cm³/mol. The summed E-state index contributed by atoms with van der Waals surface area (Å²) in [6, 6.07) is -0.789. The first-order chi connectivity index (χ1) is 13.7. The number of thioether (sulfide) groups is 1. The van der Waals surface area contributed by atoms with Crippen LogP contribution in [0, 0.1) is 13.8 Å². The SMILES string of the molecule is CCOC(=O)CSc1nnc(N)n1C(C)C(=O)Nc1sc(C)c(C)c1C(=O)OC. The number of hydrogen-bond donors (Lipinski definition) is 2. The number of methoxy groups -OCH3 is 1. The average molecular weight is 442 g/mol. The summed E-state index contributed by atoms with van der Waals surface area (Å²) in [5.74, 6) is -1.30. The fourth-order valence-corrected chi connectivity index (χ4v) is 4.34. The molecule has 2 aromatic rings. The molecule has 0 aliphatic heterocycles. The Hall–Kier alpha value is -2.60. The standard InChI is InChI=1S/C17H23N5O5S2/c1-6-27-11(23)7-28-17-21-20-16(18)22(17)9(3)13(24)19-14-12(15(25)26-5)8(2)10(4)29-14/h9H,6-7H2,1-5H3,(H2,18,20)(H,19,24). The Balaban J connectivity index is 2.22. The smallest absolute Gasteiger partial charge is 0.341 e. The molecule has 0 spiro atoms. The first kappa shape index (κ1) is 22.7. The van der Waals surface area contributed by atoms with Gasteiger partial charge in [0.25, 0.3) is 0 Å². The molecule has 158 valence electrons. The van der Waals surface area contributed by atoms with Gasteiger partial charge in [0.2, 0.25) is 11.9 Å². The van der Waals surface area contributed by atoms with Crippen molar-refractivity contribution in [1.29, 1.82) is 0 Å². The van der Waals surface area contributed by atoms with E-state index in [2.05, 4.69) is 15.5 Å². The maximum Gasteiger partial charge on any atom is 0.341 e. The number of esters is 2. The number of aryl methyl sites for hydroxylation is 1. The highest BCUT2D eigenvalue weighted by molar-refractivity contribution is 7.99. The van der Waals surface area contributed by atoms with Gasteiger partial charge in [0.15, 0.2) is 5.16 Å². The van der Waals surface area contributed by atoms with Crippen molar-refractivity contribution in [3.8, 4) is 0 Å². The van der Waals surface area contributed by atoms with Crippen molar-refractivity contribution in [2.75, 3.05) is 30.5 Å². The van der Waals surface area contributed by atoms with Crippen LogP contribution in [-0.4, -0.2) is 52.1 Å². The Bertz CT molecular complexity index is 924. The minimum absolute atomic E-state index is 0.0100. The third-order valence-corrected chi connectivity index (χ3v) is 6.13.